The van der Waals surface area contributed by atoms with Crippen molar-refractivity contribution in [3.63, 3.8) is 0 Å². The fourth-order valence-corrected chi connectivity index (χ4v) is 1.62. The predicted molar refractivity (Wildman–Crippen MR) is 50.5 cm³/mol. The van der Waals surface area contributed by atoms with Gasteiger partial charge in [-0.3, -0.25) is 10.2 Å². The molecule has 0 aromatic heterocycles. The quantitative estimate of drug-likeness (QED) is 0.649. The number of halogens is 1. The summed E-state index contributed by atoms with van der Waals surface area (Å²) in [6, 6.07) is 3.47. The van der Waals surface area contributed by atoms with Crippen LogP contribution in [0.3, 0.4) is 0 Å². The van der Waals surface area contributed by atoms with Gasteiger partial charge in [0.1, 0.15) is 5.84 Å². The zero-order chi connectivity index (χ0) is 9.59. The third kappa shape index (κ3) is 1.04. The molecule has 66 valence electrons. The van der Waals surface area contributed by atoms with Crippen LogP contribution in [0.15, 0.2) is 12.1 Å². The average Bonchev–Trinajstić information content (AvgIpc) is 2.35. The molecular formula is C9H7ClN2O. The van der Waals surface area contributed by atoms with E-state index in [4.69, 9.17) is 17.0 Å². The summed E-state index contributed by atoms with van der Waals surface area (Å²) in [5.41, 5.74) is 1.88. The molecule has 0 saturated carbocycles. The molecule has 1 amide bonds. The molecule has 1 aliphatic rings. The fraction of sp³-hybridized carbons (Fsp3) is 0.111. The van der Waals surface area contributed by atoms with Gasteiger partial charge in [-0.15, -0.1) is 0 Å². The third-order valence-electron chi connectivity index (χ3n) is 2.07. The van der Waals surface area contributed by atoms with Crippen LogP contribution in [-0.4, -0.2) is 11.7 Å². The van der Waals surface area contributed by atoms with Crippen LogP contribution in [-0.2, 0) is 0 Å². The first-order valence-corrected chi connectivity index (χ1v) is 4.18. The Labute approximate surface area is 80.2 Å². The summed E-state index contributed by atoms with van der Waals surface area (Å²) in [6.07, 6.45) is 0. The van der Waals surface area contributed by atoms with E-state index < -0.39 is 0 Å². The van der Waals surface area contributed by atoms with Gasteiger partial charge in [0, 0.05) is 5.56 Å². The lowest BCUT2D eigenvalue weighted by Crippen LogP contribution is -2.20. The molecule has 0 saturated heterocycles. The van der Waals surface area contributed by atoms with Crippen LogP contribution in [0.25, 0.3) is 0 Å². The molecular weight excluding hydrogens is 188 g/mol. The van der Waals surface area contributed by atoms with Crippen LogP contribution in [0.4, 0.5) is 0 Å². The van der Waals surface area contributed by atoms with Crippen molar-refractivity contribution in [3.8, 4) is 0 Å². The summed E-state index contributed by atoms with van der Waals surface area (Å²) < 4.78 is 0. The first-order valence-electron chi connectivity index (χ1n) is 3.80. The van der Waals surface area contributed by atoms with Gasteiger partial charge in [0.15, 0.2) is 0 Å². The molecule has 4 heteroatoms. The van der Waals surface area contributed by atoms with E-state index in [2.05, 4.69) is 5.32 Å². The van der Waals surface area contributed by atoms with Crippen LogP contribution in [0.5, 0.6) is 0 Å². The maximum Gasteiger partial charge on any atom is 0.257 e. The highest BCUT2D eigenvalue weighted by Crippen LogP contribution is 2.27. The number of hydrogen-bond donors (Lipinski definition) is 2. The van der Waals surface area contributed by atoms with Crippen molar-refractivity contribution in [1.29, 1.82) is 5.41 Å². The molecule has 0 fully saturated rings. The number of amidine groups is 1. The maximum atomic E-state index is 11.2. The van der Waals surface area contributed by atoms with Crippen LogP contribution >= 0.6 is 11.6 Å². The number of rotatable bonds is 0. The topological polar surface area (TPSA) is 53.0 Å². The Morgan fingerprint density at radius 2 is 2.15 bits per heavy atom. The molecule has 3 nitrogen and oxygen atoms in total. The maximum absolute atomic E-state index is 11.2. The second kappa shape index (κ2) is 2.57. The lowest BCUT2D eigenvalue weighted by atomic mass is 10.1. The van der Waals surface area contributed by atoms with Crippen molar-refractivity contribution >= 4 is 23.3 Å². The van der Waals surface area contributed by atoms with Crippen molar-refractivity contribution in [2.24, 2.45) is 0 Å². The number of amides is 1. The minimum atomic E-state index is -0.248. The van der Waals surface area contributed by atoms with Gasteiger partial charge < -0.3 is 5.32 Å². The van der Waals surface area contributed by atoms with Gasteiger partial charge >= 0.3 is 0 Å². The van der Waals surface area contributed by atoms with Crippen molar-refractivity contribution < 1.29 is 4.79 Å². The monoisotopic (exact) mass is 194 g/mol. The van der Waals surface area contributed by atoms with Gasteiger partial charge in [0.2, 0.25) is 0 Å². The highest BCUT2D eigenvalue weighted by Gasteiger charge is 2.26. The molecule has 1 heterocycles. The Hall–Kier alpha value is -1.35. The van der Waals surface area contributed by atoms with E-state index in [0.29, 0.717) is 16.1 Å². The van der Waals surface area contributed by atoms with Gasteiger partial charge in [0.05, 0.1) is 10.6 Å². The molecule has 2 rings (SSSR count). The summed E-state index contributed by atoms with van der Waals surface area (Å²) >= 11 is 5.97. The highest BCUT2D eigenvalue weighted by atomic mass is 35.5. The average molecular weight is 195 g/mol. The molecule has 1 aromatic rings. The molecule has 2 N–H and O–H groups in total. The minimum absolute atomic E-state index is 0.0914. The fourth-order valence-electron chi connectivity index (χ4n) is 1.36. The zero-order valence-electron chi connectivity index (χ0n) is 6.94. The van der Waals surface area contributed by atoms with Crippen molar-refractivity contribution in [2.45, 2.75) is 6.92 Å². The number of benzene rings is 1. The molecule has 0 spiro atoms. The molecule has 0 unspecified atom stereocenters. The Bertz CT molecular complexity index is 426. The van der Waals surface area contributed by atoms with Gasteiger partial charge in [-0.05, 0) is 18.6 Å². The lowest BCUT2D eigenvalue weighted by molar-refractivity contribution is 0.0983. The van der Waals surface area contributed by atoms with E-state index >= 15 is 0 Å². The molecule has 0 radical (unpaired) electrons. The van der Waals surface area contributed by atoms with Crippen molar-refractivity contribution in [2.75, 3.05) is 0 Å². The van der Waals surface area contributed by atoms with Gasteiger partial charge in [-0.2, -0.15) is 0 Å². The van der Waals surface area contributed by atoms with Gasteiger partial charge in [-0.25, -0.2) is 0 Å². The molecule has 0 bridgehead atoms. The number of hydrogen-bond acceptors (Lipinski definition) is 2. The Balaban J connectivity index is 2.78. The van der Waals surface area contributed by atoms with Crippen LogP contribution in [0, 0.1) is 12.3 Å². The summed E-state index contributed by atoms with van der Waals surface area (Å²) in [7, 11) is 0. The van der Waals surface area contributed by atoms with E-state index in [1.54, 1.807) is 12.1 Å². The first-order chi connectivity index (χ1) is 6.11. The van der Waals surface area contributed by atoms with E-state index in [1.165, 1.54) is 0 Å². The van der Waals surface area contributed by atoms with Crippen LogP contribution in [0.2, 0.25) is 5.02 Å². The number of nitrogens with one attached hydrogen (secondary N) is 2. The highest BCUT2D eigenvalue weighted by molar-refractivity contribution is 6.38. The zero-order valence-corrected chi connectivity index (χ0v) is 7.70. The van der Waals surface area contributed by atoms with Gasteiger partial charge in [-0.1, -0.05) is 17.7 Å². The summed E-state index contributed by atoms with van der Waals surface area (Å²) in [4.78, 5) is 11.2. The van der Waals surface area contributed by atoms with E-state index in [9.17, 15) is 4.79 Å². The first kappa shape index (κ1) is 8.26. The Morgan fingerprint density at radius 3 is 2.85 bits per heavy atom. The normalized spacial score (nSPS) is 14.3. The molecule has 0 aliphatic carbocycles. The second-order valence-electron chi connectivity index (χ2n) is 2.95. The summed E-state index contributed by atoms with van der Waals surface area (Å²) in [5.74, 6) is -0.157. The second-order valence-corrected chi connectivity index (χ2v) is 3.33. The molecule has 1 aliphatic heterocycles. The molecule has 1 aromatic carbocycles. The van der Waals surface area contributed by atoms with Crippen LogP contribution in [0.1, 0.15) is 21.5 Å². The number of fused-ring (bicyclic) bond motifs is 1. The SMILES string of the molecule is Cc1ccc2c(c1Cl)C(=N)NC2=O. The third-order valence-corrected chi connectivity index (χ3v) is 2.56. The van der Waals surface area contributed by atoms with Crippen LogP contribution < -0.4 is 5.32 Å². The smallest absolute Gasteiger partial charge is 0.257 e. The molecule has 0 atom stereocenters. The summed E-state index contributed by atoms with van der Waals surface area (Å²) in [5, 5.41) is 10.4. The largest absolute Gasteiger partial charge is 0.306 e. The minimum Gasteiger partial charge on any atom is -0.306 e. The van der Waals surface area contributed by atoms with Crippen molar-refractivity contribution in [1.82, 2.24) is 5.32 Å². The molecule has 13 heavy (non-hydrogen) atoms. The predicted octanol–water partition coefficient (Wildman–Crippen LogP) is 1.72. The standard InChI is InChI=1S/C9H7ClN2O/c1-4-2-3-5-6(7(4)10)8(11)12-9(5)13/h2-3H,1H3,(H2,11,12,13). The number of aryl methyl sites for hydroxylation is 1. The summed E-state index contributed by atoms with van der Waals surface area (Å²) in [6.45, 7) is 1.85. The van der Waals surface area contributed by atoms with Crippen molar-refractivity contribution in [3.05, 3.63) is 33.8 Å². The number of carbonyl (C=O) groups excluding carboxylic acids is 1. The van der Waals surface area contributed by atoms with E-state index in [1.807, 2.05) is 6.92 Å². The van der Waals surface area contributed by atoms with E-state index in [-0.39, 0.29) is 11.7 Å². The lowest BCUT2D eigenvalue weighted by Gasteiger charge is -2.02. The Morgan fingerprint density at radius 1 is 1.46 bits per heavy atom. The Kier molecular flexibility index (Phi) is 1.63. The van der Waals surface area contributed by atoms with Gasteiger partial charge in [0.25, 0.3) is 5.91 Å². The van der Waals surface area contributed by atoms with E-state index in [0.717, 1.165) is 5.56 Å². The number of carbonyl (C=O) groups is 1.